The van der Waals surface area contributed by atoms with Crippen molar-refractivity contribution in [1.29, 1.82) is 0 Å². The summed E-state index contributed by atoms with van der Waals surface area (Å²) < 4.78 is 21.6. The number of thiophene rings is 1. The van der Waals surface area contributed by atoms with E-state index in [9.17, 15) is 9.59 Å². The van der Waals surface area contributed by atoms with Gasteiger partial charge in [-0.2, -0.15) is 0 Å². The number of carbonyl (C=O) groups is 2. The van der Waals surface area contributed by atoms with Crippen LogP contribution in [0.25, 0.3) is 0 Å². The molecule has 1 atom stereocenters. The van der Waals surface area contributed by atoms with Crippen molar-refractivity contribution in [2.45, 2.75) is 39.7 Å². The van der Waals surface area contributed by atoms with Crippen LogP contribution < -0.4 is 24.8 Å². The minimum atomic E-state index is -0.386. The summed E-state index contributed by atoms with van der Waals surface area (Å²) in [6.07, 6.45) is 2.86. The van der Waals surface area contributed by atoms with Crippen molar-refractivity contribution in [1.82, 2.24) is 0 Å². The second-order valence-electron chi connectivity index (χ2n) is 9.15. The van der Waals surface area contributed by atoms with E-state index in [-0.39, 0.29) is 11.9 Å². The van der Waals surface area contributed by atoms with Crippen LogP contribution in [0.3, 0.4) is 0 Å². The van der Waals surface area contributed by atoms with E-state index in [1.54, 1.807) is 63.9 Å². The fraction of sp³-hybridized carbons (Fsp3) is 0.379. The van der Waals surface area contributed by atoms with Gasteiger partial charge < -0.3 is 29.6 Å². The summed E-state index contributed by atoms with van der Waals surface area (Å²) in [5.74, 6) is 1.71. The van der Waals surface area contributed by atoms with Crippen LogP contribution in [0.4, 0.5) is 10.7 Å². The summed E-state index contributed by atoms with van der Waals surface area (Å²) in [5.41, 5.74) is 3.71. The molecule has 2 N–H and O–H groups in total. The minimum Gasteiger partial charge on any atom is -0.493 e. The van der Waals surface area contributed by atoms with Crippen LogP contribution in [0.5, 0.6) is 17.2 Å². The second-order valence-corrected chi connectivity index (χ2v) is 10.3. The minimum absolute atomic E-state index is 0.178. The first-order chi connectivity index (χ1) is 18.4. The van der Waals surface area contributed by atoms with Crippen LogP contribution in [-0.2, 0) is 24.1 Å². The molecule has 38 heavy (non-hydrogen) atoms. The summed E-state index contributed by atoms with van der Waals surface area (Å²) in [4.78, 5) is 26.8. The van der Waals surface area contributed by atoms with E-state index >= 15 is 0 Å². The molecule has 0 spiro atoms. The molecule has 0 fully saturated rings. The highest BCUT2D eigenvalue weighted by Gasteiger charge is 2.28. The summed E-state index contributed by atoms with van der Waals surface area (Å²) in [6.45, 7) is 4.76. The van der Waals surface area contributed by atoms with Crippen LogP contribution in [-0.4, -0.2) is 39.8 Å². The van der Waals surface area contributed by atoms with E-state index in [4.69, 9.17) is 18.9 Å². The van der Waals surface area contributed by atoms with Crippen molar-refractivity contribution in [3.8, 4) is 17.2 Å². The van der Waals surface area contributed by atoms with E-state index in [0.717, 1.165) is 35.4 Å². The first-order valence-corrected chi connectivity index (χ1v) is 13.5. The fourth-order valence-corrected chi connectivity index (χ4v) is 6.09. The van der Waals surface area contributed by atoms with Gasteiger partial charge in [0.15, 0.2) is 11.5 Å². The average Bonchev–Trinajstić information content (AvgIpc) is 3.29. The summed E-state index contributed by atoms with van der Waals surface area (Å²) in [5, 5.41) is 7.32. The third kappa shape index (κ3) is 5.72. The Labute approximate surface area is 227 Å². The maximum atomic E-state index is 13.6. The topological polar surface area (TPSA) is 95.1 Å². The average molecular weight is 539 g/mol. The van der Waals surface area contributed by atoms with Crippen molar-refractivity contribution in [2.24, 2.45) is 5.92 Å². The van der Waals surface area contributed by atoms with Gasteiger partial charge in [0.25, 0.3) is 5.91 Å². The van der Waals surface area contributed by atoms with Gasteiger partial charge in [0, 0.05) is 22.7 Å². The Morgan fingerprint density at radius 3 is 2.39 bits per heavy atom. The number of hydrogen-bond acceptors (Lipinski definition) is 8. The maximum Gasteiger partial charge on any atom is 0.338 e. The smallest absolute Gasteiger partial charge is 0.338 e. The predicted octanol–water partition coefficient (Wildman–Crippen LogP) is 5.94. The van der Waals surface area contributed by atoms with Gasteiger partial charge in [-0.1, -0.05) is 6.92 Å². The number of benzene rings is 2. The second kappa shape index (κ2) is 12.2. The first kappa shape index (κ1) is 27.3. The van der Waals surface area contributed by atoms with Crippen molar-refractivity contribution < 1.29 is 28.5 Å². The zero-order valence-corrected chi connectivity index (χ0v) is 23.3. The lowest BCUT2D eigenvalue weighted by molar-refractivity contribution is 0.0526. The van der Waals surface area contributed by atoms with Gasteiger partial charge >= 0.3 is 5.97 Å². The standard InChI is InChI=1S/C29H34N2O6S/c1-6-37-29(33)18-8-11-20(12-9-18)31-27(32)24-21-13-7-17(2)15-23(21)38-28(24)30-16-19-10-14-22(34-3)26(36-5)25(19)35-4/h8-12,14,17,30H,6-7,13,15-16H2,1-5H3,(H,31,32)/t17-/m0/s1. The summed E-state index contributed by atoms with van der Waals surface area (Å²) in [6, 6.07) is 10.5. The molecule has 0 aliphatic heterocycles. The van der Waals surface area contributed by atoms with Gasteiger partial charge in [-0.25, -0.2) is 4.79 Å². The van der Waals surface area contributed by atoms with Crippen molar-refractivity contribution in [3.63, 3.8) is 0 Å². The Morgan fingerprint density at radius 1 is 1.00 bits per heavy atom. The molecule has 8 nitrogen and oxygen atoms in total. The third-order valence-electron chi connectivity index (χ3n) is 6.62. The Hall–Kier alpha value is -3.72. The highest BCUT2D eigenvalue weighted by molar-refractivity contribution is 7.16. The Morgan fingerprint density at radius 2 is 1.74 bits per heavy atom. The molecule has 0 radical (unpaired) electrons. The Bertz CT molecular complexity index is 1300. The molecule has 0 unspecified atom stereocenters. The van der Waals surface area contributed by atoms with Gasteiger partial charge in [-0.3, -0.25) is 4.79 Å². The summed E-state index contributed by atoms with van der Waals surface area (Å²) in [7, 11) is 4.76. The van der Waals surface area contributed by atoms with E-state index in [2.05, 4.69) is 17.6 Å². The van der Waals surface area contributed by atoms with Crippen molar-refractivity contribution in [2.75, 3.05) is 38.6 Å². The normalized spacial score (nSPS) is 14.3. The first-order valence-electron chi connectivity index (χ1n) is 12.6. The predicted molar refractivity (Wildman–Crippen MR) is 149 cm³/mol. The third-order valence-corrected chi connectivity index (χ3v) is 7.83. The largest absolute Gasteiger partial charge is 0.493 e. The molecule has 0 bridgehead atoms. The van der Waals surface area contributed by atoms with E-state index in [1.165, 1.54) is 4.88 Å². The number of hydrogen-bond donors (Lipinski definition) is 2. The van der Waals surface area contributed by atoms with Crippen LogP contribution in [0, 0.1) is 5.92 Å². The van der Waals surface area contributed by atoms with Gasteiger partial charge in [0.05, 0.1) is 39.1 Å². The van der Waals surface area contributed by atoms with Crippen molar-refractivity contribution >= 4 is 33.9 Å². The number of nitrogens with one attached hydrogen (secondary N) is 2. The number of carbonyl (C=O) groups excluding carboxylic acids is 2. The van der Waals surface area contributed by atoms with Gasteiger partial charge in [0.2, 0.25) is 5.75 Å². The lowest BCUT2D eigenvalue weighted by Gasteiger charge is -2.19. The quantitative estimate of drug-likeness (QED) is 0.309. The fourth-order valence-electron chi connectivity index (χ4n) is 4.69. The lowest BCUT2D eigenvalue weighted by atomic mass is 9.88. The maximum absolute atomic E-state index is 13.6. The molecular formula is C29H34N2O6S. The molecular weight excluding hydrogens is 504 g/mol. The van der Waals surface area contributed by atoms with Crippen molar-refractivity contribution in [3.05, 3.63) is 63.5 Å². The SMILES string of the molecule is CCOC(=O)c1ccc(NC(=O)c2c(NCc3ccc(OC)c(OC)c3OC)sc3c2CC[C@H](C)C3)cc1. The number of amides is 1. The van der Waals surface area contributed by atoms with E-state index < -0.39 is 0 Å². The molecule has 1 heterocycles. The Kier molecular flexibility index (Phi) is 8.78. The molecule has 2 aromatic carbocycles. The highest BCUT2D eigenvalue weighted by atomic mass is 32.1. The van der Waals surface area contributed by atoms with E-state index in [1.807, 2.05) is 12.1 Å². The number of ether oxygens (including phenoxy) is 4. The molecule has 1 aliphatic carbocycles. The van der Waals surface area contributed by atoms with E-state index in [0.29, 0.717) is 53.1 Å². The molecule has 1 aliphatic rings. The molecule has 0 saturated carbocycles. The van der Waals surface area contributed by atoms with Gasteiger partial charge in [0.1, 0.15) is 5.00 Å². The van der Waals surface area contributed by atoms with Crippen LogP contribution in [0.2, 0.25) is 0 Å². The molecule has 202 valence electrons. The molecule has 4 rings (SSSR count). The van der Waals surface area contributed by atoms with Gasteiger partial charge in [-0.05, 0) is 74.1 Å². The zero-order chi connectivity index (χ0) is 27.2. The molecule has 1 aromatic heterocycles. The monoisotopic (exact) mass is 538 g/mol. The van der Waals surface area contributed by atoms with Gasteiger partial charge in [-0.15, -0.1) is 11.3 Å². The molecule has 3 aromatic rings. The number of fused-ring (bicyclic) bond motifs is 1. The number of anilines is 2. The molecule has 1 amide bonds. The number of esters is 1. The number of rotatable bonds is 10. The van der Waals surface area contributed by atoms with Crippen LogP contribution >= 0.6 is 11.3 Å². The number of methoxy groups -OCH3 is 3. The highest BCUT2D eigenvalue weighted by Crippen LogP contribution is 2.42. The summed E-state index contributed by atoms with van der Waals surface area (Å²) >= 11 is 1.64. The lowest BCUT2D eigenvalue weighted by Crippen LogP contribution is -2.18. The van der Waals surface area contributed by atoms with Crippen LogP contribution in [0.15, 0.2) is 36.4 Å². The Balaban J connectivity index is 1.60. The van der Waals surface area contributed by atoms with Crippen LogP contribution in [0.1, 0.15) is 57.0 Å². The molecule has 9 heteroatoms. The zero-order valence-electron chi connectivity index (χ0n) is 22.4. The molecule has 0 saturated heterocycles.